The highest BCUT2D eigenvalue weighted by Crippen LogP contribution is 2.44. The molecule has 0 aliphatic carbocycles. The van der Waals surface area contributed by atoms with Gasteiger partial charge in [-0.25, -0.2) is 14.2 Å². The molecule has 0 aliphatic rings. The van der Waals surface area contributed by atoms with Crippen molar-refractivity contribution in [2.75, 3.05) is 28.0 Å². The Morgan fingerprint density at radius 2 is 1.65 bits per heavy atom. The molecule has 1 rings (SSSR count). The highest BCUT2D eigenvalue weighted by Gasteiger charge is 2.27. The Kier molecular flexibility index (Phi) is 5.30. The second-order valence-electron chi connectivity index (χ2n) is 3.71. The second kappa shape index (κ2) is 6.54. The largest absolute Gasteiger partial charge is 0.465 e. The summed E-state index contributed by atoms with van der Waals surface area (Å²) in [4.78, 5) is 23.5. The molecule has 1 aromatic carbocycles. The average molecular weight is 302 g/mol. The minimum absolute atomic E-state index is 0.0482. The van der Waals surface area contributed by atoms with E-state index in [1.54, 1.807) is 0 Å². The highest BCUT2D eigenvalue weighted by molar-refractivity contribution is 7.53. The molecule has 1 unspecified atom stereocenters. The predicted octanol–water partition coefficient (Wildman–Crippen LogP) is 2.11. The minimum Gasteiger partial charge on any atom is -0.465 e. The van der Waals surface area contributed by atoms with Gasteiger partial charge in [0.15, 0.2) is 0 Å². The lowest BCUT2D eigenvalue weighted by molar-refractivity contribution is 0.0553. The van der Waals surface area contributed by atoms with Gasteiger partial charge in [0, 0.05) is 13.8 Å². The van der Waals surface area contributed by atoms with Crippen molar-refractivity contribution in [1.29, 1.82) is 0 Å². The standard InChI is InChI=1S/C12H15O7P/c1-16-11(13)8-6-5-7-9(10(8)12(14)17-2)19-20(4,15)18-3/h5-7H,1-4H3. The molecule has 8 heteroatoms. The van der Waals surface area contributed by atoms with Crippen LogP contribution < -0.4 is 4.52 Å². The maximum Gasteiger partial charge on any atom is 0.375 e. The van der Waals surface area contributed by atoms with E-state index in [0.29, 0.717) is 0 Å². The van der Waals surface area contributed by atoms with Crippen LogP contribution in [0.2, 0.25) is 0 Å². The summed E-state index contributed by atoms with van der Waals surface area (Å²) in [6, 6.07) is 4.22. The van der Waals surface area contributed by atoms with Crippen LogP contribution in [-0.2, 0) is 18.6 Å². The fraction of sp³-hybridized carbons (Fsp3) is 0.333. The molecule has 7 nitrogen and oxygen atoms in total. The first-order chi connectivity index (χ1) is 9.36. The number of ether oxygens (including phenoxy) is 2. The fourth-order valence-corrected chi connectivity index (χ4v) is 2.00. The fourth-order valence-electron chi connectivity index (χ4n) is 1.42. The molecular formula is C12H15O7P. The Bertz CT molecular complexity index is 567. The van der Waals surface area contributed by atoms with Crippen LogP contribution in [0.15, 0.2) is 18.2 Å². The Morgan fingerprint density at radius 3 is 2.15 bits per heavy atom. The second-order valence-corrected chi connectivity index (χ2v) is 5.80. The van der Waals surface area contributed by atoms with Gasteiger partial charge in [0.05, 0.1) is 19.8 Å². The van der Waals surface area contributed by atoms with Gasteiger partial charge in [0.2, 0.25) is 0 Å². The van der Waals surface area contributed by atoms with Gasteiger partial charge in [-0.1, -0.05) is 6.07 Å². The summed E-state index contributed by atoms with van der Waals surface area (Å²) in [7, 11) is 0.152. The molecule has 0 saturated heterocycles. The van der Waals surface area contributed by atoms with Crippen LogP contribution >= 0.6 is 7.60 Å². The van der Waals surface area contributed by atoms with E-state index in [2.05, 4.69) is 9.47 Å². The number of hydrogen-bond donors (Lipinski definition) is 0. The Morgan fingerprint density at radius 1 is 1.05 bits per heavy atom. The number of hydrogen-bond acceptors (Lipinski definition) is 7. The molecule has 0 saturated carbocycles. The number of methoxy groups -OCH3 is 2. The molecule has 0 aromatic heterocycles. The monoisotopic (exact) mass is 302 g/mol. The van der Waals surface area contributed by atoms with Crippen LogP contribution in [0.5, 0.6) is 5.75 Å². The van der Waals surface area contributed by atoms with Crippen molar-refractivity contribution in [3.05, 3.63) is 29.3 Å². The smallest absolute Gasteiger partial charge is 0.375 e. The Hall–Kier alpha value is -1.85. The number of carbonyl (C=O) groups excluding carboxylic acids is 2. The number of rotatable bonds is 5. The maximum atomic E-state index is 11.9. The molecule has 0 heterocycles. The first kappa shape index (κ1) is 16.2. The number of esters is 2. The summed E-state index contributed by atoms with van der Waals surface area (Å²) < 4.78 is 30.9. The van der Waals surface area contributed by atoms with E-state index in [0.717, 1.165) is 7.11 Å². The summed E-state index contributed by atoms with van der Waals surface area (Å²) in [5.74, 6) is -1.62. The van der Waals surface area contributed by atoms with E-state index < -0.39 is 19.5 Å². The van der Waals surface area contributed by atoms with E-state index in [9.17, 15) is 14.2 Å². The molecule has 0 amide bonds. The van der Waals surface area contributed by atoms with Crippen LogP contribution in [0.4, 0.5) is 0 Å². The molecular weight excluding hydrogens is 287 g/mol. The van der Waals surface area contributed by atoms with Crippen LogP contribution in [0.3, 0.4) is 0 Å². The third-order valence-electron chi connectivity index (χ3n) is 2.42. The molecule has 1 aromatic rings. The molecule has 110 valence electrons. The molecule has 0 fully saturated rings. The third-order valence-corrected chi connectivity index (χ3v) is 3.61. The summed E-state index contributed by atoms with van der Waals surface area (Å²) >= 11 is 0. The van der Waals surface area contributed by atoms with Crippen molar-refractivity contribution in [1.82, 2.24) is 0 Å². The molecule has 1 atom stereocenters. The van der Waals surface area contributed by atoms with Gasteiger partial charge in [-0.2, -0.15) is 0 Å². The third kappa shape index (κ3) is 3.59. The van der Waals surface area contributed by atoms with Crippen LogP contribution in [-0.4, -0.2) is 39.9 Å². The topological polar surface area (TPSA) is 88.1 Å². The van der Waals surface area contributed by atoms with Crippen LogP contribution in [0.1, 0.15) is 20.7 Å². The van der Waals surface area contributed by atoms with Crippen molar-refractivity contribution in [3.63, 3.8) is 0 Å². The molecule has 0 spiro atoms. The molecule has 20 heavy (non-hydrogen) atoms. The normalized spacial score (nSPS) is 13.2. The van der Waals surface area contributed by atoms with Gasteiger partial charge >= 0.3 is 19.5 Å². The van der Waals surface area contributed by atoms with Gasteiger partial charge < -0.3 is 18.5 Å². The maximum absolute atomic E-state index is 11.9. The lowest BCUT2D eigenvalue weighted by Crippen LogP contribution is -2.13. The minimum atomic E-state index is -3.39. The molecule has 0 bridgehead atoms. The predicted molar refractivity (Wildman–Crippen MR) is 70.3 cm³/mol. The summed E-state index contributed by atoms with van der Waals surface area (Å²) in [6.45, 7) is 1.23. The summed E-state index contributed by atoms with van der Waals surface area (Å²) in [5, 5.41) is 0. The zero-order valence-corrected chi connectivity index (χ0v) is 12.4. The van der Waals surface area contributed by atoms with E-state index in [-0.39, 0.29) is 16.9 Å². The van der Waals surface area contributed by atoms with E-state index in [1.165, 1.54) is 39.1 Å². The number of carbonyl (C=O) groups is 2. The Balaban J connectivity index is 3.41. The van der Waals surface area contributed by atoms with Gasteiger partial charge in [-0.05, 0) is 12.1 Å². The van der Waals surface area contributed by atoms with Crippen molar-refractivity contribution in [2.24, 2.45) is 0 Å². The van der Waals surface area contributed by atoms with Crippen LogP contribution in [0, 0.1) is 0 Å². The van der Waals surface area contributed by atoms with E-state index in [1.807, 2.05) is 0 Å². The van der Waals surface area contributed by atoms with Crippen molar-refractivity contribution >= 4 is 19.5 Å². The van der Waals surface area contributed by atoms with E-state index >= 15 is 0 Å². The van der Waals surface area contributed by atoms with Crippen molar-refractivity contribution < 1.29 is 32.7 Å². The van der Waals surface area contributed by atoms with Crippen molar-refractivity contribution in [3.8, 4) is 5.75 Å². The lowest BCUT2D eigenvalue weighted by atomic mass is 10.1. The van der Waals surface area contributed by atoms with E-state index in [4.69, 9.17) is 9.05 Å². The quantitative estimate of drug-likeness (QED) is 0.608. The molecule has 0 aliphatic heterocycles. The highest BCUT2D eigenvalue weighted by atomic mass is 31.2. The zero-order valence-electron chi connectivity index (χ0n) is 11.5. The average Bonchev–Trinajstić information content (AvgIpc) is 2.45. The molecule has 0 N–H and O–H groups in total. The van der Waals surface area contributed by atoms with Gasteiger partial charge in [-0.3, -0.25) is 0 Å². The first-order valence-electron chi connectivity index (χ1n) is 5.48. The van der Waals surface area contributed by atoms with Gasteiger partial charge in [-0.15, -0.1) is 0 Å². The van der Waals surface area contributed by atoms with Crippen LogP contribution in [0.25, 0.3) is 0 Å². The SMILES string of the molecule is COC(=O)c1cccc(OP(C)(=O)OC)c1C(=O)OC. The van der Waals surface area contributed by atoms with Gasteiger partial charge in [0.1, 0.15) is 11.3 Å². The first-order valence-corrected chi connectivity index (χ1v) is 7.47. The molecule has 0 radical (unpaired) electrons. The zero-order chi connectivity index (χ0) is 15.3. The summed E-state index contributed by atoms with van der Waals surface area (Å²) in [5.41, 5.74) is -0.214. The Labute approximate surface area is 116 Å². The van der Waals surface area contributed by atoms with Gasteiger partial charge in [0.25, 0.3) is 0 Å². The summed E-state index contributed by atoms with van der Waals surface area (Å²) in [6.07, 6.45) is 0. The van der Waals surface area contributed by atoms with Crippen molar-refractivity contribution in [2.45, 2.75) is 0 Å². The number of benzene rings is 1. The lowest BCUT2D eigenvalue weighted by Gasteiger charge is -2.16.